The molecule has 0 aliphatic rings. The maximum atomic E-state index is 10.4. The van der Waals surface area contributed by atoms with E-state index in [0.29, 0.717) is 0 Å². The molecule has 6 heteroatoms. The highest BCUT2D eigenvalue weighted by Crippen LogP contribution is 2.03. The van der Waals surface area contributed by atoms with Crippen molar-refractivity contribution in [2.45, 2.75) is 25.9 Å². The van der Waals surface area contributed by atoms with Crippen LogP contribution in [0.25, 0.3) is 0 Å². The van der Waals surface area contributed by atoms with E-state index in [1.54, 1.807) is 0 Å². The van der Waals surface area contributed by atoms with Gasteiger partial charge in [-0.1, -0.05) is 0 Å². The van der Waals surface area contributed by atoms with Crippen LogP contribution >= 0.6 is 0 Å². The number of carbonyl (C=O) groups is 3. The summed E-state index contributed by atoms with van der Waals surface area (Å²) in [5.74, 6) is -3.20. The monoisotopic (exact) mass is 190 g/mol. The largest absolute Gasteiger partial charge is 0.481 e. The van der Waals surface area contributed by atoms with Crippen LogP contribution in [0, 0.1) is 0 Å². The summed E-state index contributed by atoms with van der Waals surface area (Å²) >= 11 is 0. The van der Waals surface area contributed by atoms with E-state index in [1.807, 2.05) is 0 Å². The van der Waals surface area contributed by atoms with Gasteiger partial charge in [0.25, 0.3) is 0 Å². The number of hydrogen-bond donors (Lipinski definition) is 2. The second kappa shape index (κ2) is 5.13. The molecule has 0 radical (unpaired) electrons. The highest BCUT2D eigenvalue weighted by Gasteiger charge is 2.21. The fourth-order valence-electron chi connectivity index (χ4n) is 0.688. The highest BCUT2D eigenvalue weighted by atomic mass is 16.6. The molecule has 0 amide bonds. The van der Waals surface area contributed by atoms with Gasteiger partial charge in [-0.15, -0.1) is 0 Å². The van der Waals surface area contributed by atoms with Crippen LogP contribution in [-0.2, 0) is 19.1 Å². The van der Waals surface area contributed by atoms with E-state index in [1.165, 1.54) is 0 Å². The number of hydrogen-bond acceptors (Lipinski definition) is 4. The maximum Gasteiger partial charge on any atom is 0.345 e. The van der Waals surface area contributed by atoms with Gasteiger partial charge >= 0.3 is 17.9 Å². The molecule has 0 aromatic rings. The lowest BCUT2D eigenvalue weighted by atomic mass is 10.2. The number of aliphatic carboxylic acids is 2. The number of esters is 1. The molecule has 2 N–H and O–H groups in total. The molecule has 0 saturated heterocycles. The molecule has 0 fully saturated rings. The Hall–Kier alpha value is -1.59. The third-order valence-electron chi connectivity index (χ3n) is 1.20. The van der Waals surface area contributed by atoms with Gasteiger partial charge in [-0.3, -0.25) is 9.59 Å². The minimum absolute atomic E-state index is 0.218. The number of ether oxygens (including phenoxy) is 1. The average Bonchev–Trinajstić information content (AvgIpc) is 1.96. The fraction of sp³-hybridized carbons (Fsp3) is 0.571. The summed E-state index contributed by atoms with van der Waals surface area (Å²) in [6, 6.07) is 0. The maximum absolute atomic E-state index is 10.4. The smallest absolute Gasteiger partial charge is 0.345 e. The molecule has 0 bridgehead atoms. The SMILES string of the molecule is CC(=O)OC(CCC(=O)O)C(=O)O. The molecule has 0 aromatic heterocycles. The van der Waals surface area contributed by atoms with Crippen molar-refractivity contribution in [3.63, 3.8) is 0 Å². The molecule has 13 heavy (non-hydrogen) atoms. The molecule has 0 rings (SSSR count). The van der Waals surface area contributed by atoms with Crippen molar-refractivity contribution in [2.75, 3.05) is 0 Å². The quantitative estimate of drug-likeness (QED) is 0.585. The van der Waals surface area contributed by atoms with Crippen molar-refractivity contribution in [1.82, 2.24) is 0 Å². The molecule has 0 saturated carbocycles. The summed E-state index contributed by atoms with van der Waals surface area (Å²) in [6.45, 7) is 1.07. The summed E-state index contributed by atoms with van der Waals surface area (Å²) in [5, 5.41) is 16.7. The summed E-state index contributed by atoms with van der Waals surface area (Å²) in [5.41, 5.74) is 0. The summed E-state index contributed by atoms with van der Waals surface area (Å²) in [7, 11) is 0. The van der Waals surface area contributed by atoms with Gasteiger partial charge < -0.3 is 14.9 Å². The van der Waals surface area contributed by atoms with Crippen molar-refractivity contribution in [3.8, 4) is 0 Å². The number of carboxylic acid groups (broad SMARTS) is 2. The minimum Gasteiger partial charge on any atom is -0.481 e. The van der Waals surface area contributed by atoms with Crippen LogP contribution in [0.4, 0.5) is 0 Å². The Morgan fingerprint density at radius 3 is 2.15 bits per heavy atom. The van der Waals surface area contributed by atoms with Crippen molar-refractivity contribution < 1.29 is 29.3 Å². The number of carbonyl (C=O) groups excluding carboxylic acids is 1. The van der Waals surface area contributed by atoms with E-state index in [2.05, 4.69) is 4.74 Å². The zero-order chi connectivity index (χ0) is 10.4. The molecule has 1 unspecified atom stereocenters. The predicted molar refractivity (Wildman–Crippen MR) is 40.1 cm³/mol. The van der Waals surface area contributed by atoms with Crippen LogP contribution < -0.4 is 0 Å². The van der Waals surface area contributed by atoms with Crippen LogP contribution in [0.1, 0.15) is 19.8 Å². The Bertz CT molecular complexity index is 221. The molecule has 0 aliphatic heterocycles. The topological polar surface area (TPSA) is 101 Å². The van der Waals surface area contributed by atoms with Crippen LogP contribution in [0.15, 0.2) is 0 Å². The van der Waals surface area contributed by atoms with Crippen molar-refractivity contribution in [2.24, 2.45) is 0 Å². The van der Waals surface area contributed by atoms with E-state index in [0.717, 1.165) is 6.92 Å². The standard InChI is InChI=1S/C7H10O6/c1-4(8)13-5(7(11)12)2-3-6(9)10/h5H,2-3H2,1H3,(H,9,10)(H,11,12). The Labute approximate surface area is 74.1 Å². The lowest BCUT2D eigenvalue weighted by Crippen LogP contribution is -2.26. The predicted octanol–water partition coefficient (Wildman–Crippen LogP) is -0.132. The Morgan fingerprint density at radius 1 is 1.31 bits per heavy atom. The Balaban J connectivity index is 4.02. The van der Waals surface area contributed by atoms with Gasteiger partial charge in [0, 0.05) is 19.8 Å². The lowest BCUT2D eigenvalue weighted by Gasteiger charge is -2.10. The minimum atomic E-state index is -1.37. The zero-order valence-electron chi connectivity index (χ0n) is 7.02. The second-order valence-corrected chi connectivity index (χ2v) is 2.37. The molecule has 6 nitrogen and oxygen atoms in total. The molecule has 0 aliphatic carbocycles. The highest BCUT2D eigenvalue weighted by molar-refractivity contribution is 5.77. The van der Waals surface area contributed by atoms with E-state index in [-0.39, 0.29) is 12.8 Å². The van der Waals surface area contributed by atoms with Gasteiger partial charge in [0.05, 0.1) is 0 Å². The first-order valence-corrected chi connectivity index (χ1v) is 3.55. The van der Waals surface area contributed by atoms with E-state index >= 15 is 0 Å². The second-order valence-electron chi connectivity index (χ2n) is 2.37. The first-order valence-electron chi connectivity index (χ1n) is 3.55. The van der Waals surface area contributed by atoms with Crippen LogP contribution in [0.3, 0.4) is 0 Å². The number of rotatable bonds is 5. The average molecular weight is 190 g/mol. The van der Waals surface area contributed by atoms with Crippen molar-refractivity contribution >= 4 is 17.9 Å². The third kappa shape index (κ3) is 5.66. The molecule has 0 aromatic carbocycles. The van der Waals surface area contributed by atoms with Gasteiger partial charge in [-0.05, 0) is 0 Å². The molecular formula is C7H10O6. The molecule has 0 spiro atoms. The van der Waals surface area contributed by atoms with Gasteiger partial charge in [0.2, 0.25) is 0 Å². The molecule has 0 heterocycles. The van der Waals surface area contributed by atoms with Crippen LogP contribution in [0.5, 0.6) is 0 Å². The lowest BCUT2D eigenvalue weighted by molar-refractivity contribution is -0.163. The summed E-state index contributed by atoms with van der Waals surface area (Å²) < 4.78 is 4.36. The Morgan fingerprint density at radius 2 is 1.85 bits per heavy atom. The van der Waals surface area contributed by atoms with Crippen LogP contribution in [-0.4, -0.2) is 34.2 Å². The summed E-state index contributed by atoms with van der Waals surface area (Å²) in [4.78, 5) is 30.8. The van der Waals surface area contributed by atoms with E-state index in [4.69, 9.17) is 10.2 Å². The zero-order valence-corrected chi connectivity index (χ0v) is 7.02. The number of carboxylic acids is 2. The van der Waals surface area contributed by atoms with Gasteiger partial charge in [0.15, 0.2) is 6.10 Å². The van der Waals surface area contributed by atoms with Crippen LogP contribution in [0.2, 0.25) is 0 Å². The van der Waals surface area contributed by atoms with Gasteiger partial charge in [-0.2, -0.15) is 0 Å². The van der Waals surface area contributed by atoms with E-state index < -0.39 is 24.0 Å². The van der Waals surface area contributed by atoms with Gasteiger partial charge in [0.1, 0.15) is 0 Å². The fourth-order valence-corrected chi connectivity index (χ4v) is 0.688. The van der Waals surface area contributed by atoms with Crippen molar-refractivity contribution in [1.29, 1.82) is 0 Å². The summed E-state index contributed by atoms with van der Waals surface area (Å²) in [6.07, 6.45) is -1.93. The first-order chi connectivity index (χ1) is 5.93. The molecule has 1 atom stereocenters. The third-order valence-corrected chi connectivity index (χ3v) is 1.20. The van der Waals surface area contributed by atoms with Crippen molar-refractivity contribution in [3.05, 3.63) is 0 Å². The first kappa shape index (κ1) is 11.4. The molecule has 74 valence electrons. The Kier molecular flexibility index (Phi) is 4.50. The van der Waals surface area contributed by atoms with E-state index in [9.17, 15) is 14.4 Å². The van der Waals surface area contributed by atoms with Gasteiger partial charge in [-0.25, -0.2) is 4.79 Å². The normalized spacial score (nSPS) is 11.8. The molecular weight excluding hydrogens is 180 g/mol.